The number of hydrogen-bond donors (Lipinski definition) is 0. The predicted molar refractivity (Wildman–Crippen MR) is 97.9 cm³/mol. The summed E-state index contributed by atoms with van der Waals surface area (Å²) < 4.78 is 12.5. The van der Waals surface area contributed by atoms with Gasteiger partial charge in [0.25, 0.3) is 0 Å². The normalized spacial score (nSPS) is 13.7. The smallest absolute Gasteiger partial charge is 0.0532 e. The molecule has 0 fully saturated rings. The Balaban J connectivity index is 1.92. The fourth-order valence-electron chi connectivity index (χ4n) is 2.32. The van der Waals surface area contributed by atoms with E-state index < -0.39 is 10.8 Å². The first-order valence-electron chi connectivity index (χ1n) is 7.91. The summed E-state index contributed by atoms with van der Waals surface area (Å²) in [5.41, 5.74) is 0. The molecule has 1 nitrogen and oxygen atoms in total. The van der Waals surface area contributed by atoms with Crippen LogP contribution in [-0.2, 0) is 10.8 Å². The molecule has 0 spiro atoms. The van der Waals surface area contributed by atoms with Crippen LogP contribution in [0, 0.1) is 5.92 Å². The van der Waals surface area contributed by atoms with Crippen molar-refractivity contribution in [2.24, 2.45) is 5.92 Å². The molecule has 22 heavy (non-hydrogen) atoms. The molecular weight excluding hydrogens is 308 g/mol. The molecule has 0 saturated carbocycles. The van der Waals surface area contributed by atoms with Crippen molar-refractivity contribution in [2.45, 2.75) is 36.0 Å². The standard InChI is InChI=1S/C19H24OS2/c1-2-3-10-17(15-21-18-11-6-4-7-12-18)16-22(20)19-13-8-5-9-14-19/h4-9,11-14,17H,2-3,10,15-16H2,1H3. The van der Waals surface area contributed by atoms with Gasteiger partial charge in [-0.15, -0.1) is 11.8 Å². The van der Waals surface area contributed by atoms with E-state index in [2.05, 4.69) is 31.2 Å². The Kier molecular flexibility index (Phi) is 7.75. The molecule has 2 rings (SSSR count). The molecule has 118 valence electrons. The first-order valence-corrected chi connectivity index (χ1v) is 10.2. The minimum absolute atomic E-state index is 0.506. The molecule has 0 N–H and O–H groups in total. The molecule has 0 aromatic heterocycles. The van der Waals surface area contributed by atoms with Gasteiger partial charge in [0.1, 0.15) is 0 Å². The molecular formula is C19H24OS2. The molecule has 0 aliphatic rings. The molecule has 0 radical (unpaired) electrons. The van der Waals surface area contributed by atoms with E-state index >= 15 is 0 Å². The first kappa shape index (κ1) is 17.3. The third-order valence-electron chi connectivity index (χ3n) is 3.59. The SMILES string of the molecule is CCCCC(CSc1ccccc1)CS(=O)c1ccccc1. The molecule has 0 amide bonds. The van der Waals surface area contributed by atoms with Gasteiger partial charge in [0, 0.05) is 21.3 Å². The lowest BCUT2D eigenvalue weighted by atomic mass is 10.1. The highest BCUT2D eigenvalue weighted by Gasteiger charge is 2.14. The third-order valence-corrected chi connectivity index (χ3v) is 6.40. The van der Waals surface area contributed by atoms with E-state index in [9.17, 15) is 4.21 Å². The van der Waals surface area contributed by atoms with Crippen LogP contribution < -0.4 is 0 Å². The lowest BCUT2D eigenvalue weighted by Crippen LogP contribution is -2.14. The second-order valence-corrected chi connectivity index (χ2v) is 8.05. The van der Waals surface area contributed by atoms with Crippen molar-refractivity contribution in [3.8, 4) is 0 Å². The van der Waals surface area contributed by atoms with E-state index in [1.54, 1.807) is 0 Å². The molecule has 0 heterocycles. The second-order valence-electron chi connectivity index (χ2n) is 5.46. The zero-order chi connectivity index (χ0) is 15.6. The summed E-state index contributed by atoms with van der Waals surface area (Å²) in [5.74, 6) is 2.32. The van der Waals surface area contributed by atoms with Crippen LogP contribution in [0.4, 0.5) is 0 Å². The summed E-state index contributed by atoms with van der Waals surface area (Å²) in [6.07, 6.45) is 3.57. The van der Waals surface area contributed by atoms with E-state index in [0.29, 0.717) is 5.92 Å². The maximum Gasteiger partial charge on any atom is 0.0532 e. The zero-order valence-electron chi connectivity index (χ0n) is 13.1. The number of benzene rings is 2. The molecule has 2 atom stereocenters. The van der Waals surface area contributed by atoms with Gasteiger partial charge in [-0.1, -0.05) is 56.2 Å². The van der Waals surface area contributed by atoms with Gasteiger partial charge in [-0.25, -0.2) is 0 Å². The van der Waals surface area contributed by atoms with Gasteiger partial charge in [-0.3, -0.25) is 4.21 Å². The summed E-state index contributed by atoms with van der Waals surface area (Å²) in [5, 5.41) is 0. The van der Waals surface area contributed by atoms with E-state index in [1.165, 1.54) is 17.7 Å². The van der Waals surface area contributed by atoms with Crippen molar-refractivity contribution >= 4 is 22.6 Å². The van der Waals surface area contributed by atoms with Crippen molar-refractivity contribution in [3.05, 3.63) is 60.7 Å². The zero-order valence-corrected chi connectivity index (χ0v) is 14.7. The van der Waals surface area contributed by atoms with Gasteiger partial charge in [0.05, 0.1) is 10.8 Å². The molecule has 2 aromatic carbocycles. The average molecular weight is 333 g/mol. The van der Waals surface area contributed by atoms with E-state index in [-0.39, 0.29) is 0 Å². The molecule has 2 aromatic rings. The fraction of sp³-hybridized carbons (Fsp3) is 0.368. The lowest BCUT2D eigenvalue weighted by Gasteiger charge is -2.16. The molecule has 0 aliphatic heterocycles. The molecule has 0 bridgehead atoms. The summed E-state index contributed by atoms with van der Waals surface area (Å²) in [4.78, 5) is 2.25. The first-order chi connectivity index (χ1) is 10.8. The number of unbranched alkanes of at least 4 members (excludes halogenated alkanes) is 1. The summed E-state index contributed by atoms with van der Waals surface area (Å²) in [6, 6.07) is 20.3. The van der Waals surface area contributed by atoms with Gasteiger partial charge in [0.2, 0.25) is 0 Å². The minimum atomic E-state index is -0.888. The van der Waals surface area contributed by atoms with Crippen molar-refractivity contribution in [2.75, 3.05) is 11.5 Å². The Labute approximate surface area is 141 Å². The summed E-state index contributed by atoms with van der Waals surface area (Å²) >= 11 is 1.88. The highest BCUT2D eigenvalue weighted by Crippen LogP contribution is 2.24. The Hall–Kier alpha value is -1.06. The van der Waals surface area contributed by atoms with Gasteiger partial charge >= 0.3 is 0 Å². The Morgan fingerprint density at radius 2 is 1.64 bits per heavy atom. The number of thioether (sulfide) groups is 1. The van der Waals surface area contributed by atoms with Crippen molar-refractivity contribution in [1.82, 2.24) is 0 Å². The highest BCUT2D eigenvalue weighted by atomic mass is 32.2. The minimum Gasteiger partial charge on any atom is -0.254 e. The predicted octanol–water partition coefficient (Wildman–Crippen LogP) is 5.39. The van der Waals surface area contributed by atoms with E-state index in [1.807, 2.05) is 48.2 Å². The van der Waals surface area contributed by atoms with Crippen LogP contribution in [0.5, 0.6) is 0 Å². The maximum atomic E-state index is 12.5. The quantitative estimate of drug-likeness (QED) is 0.572. The summed E-state index contributed by atoms with van der Waals surface area (Å²) in [6.45, 7) is 2.22. The summed E-state index contributed by atoms with van der Waals surface area (Å²) in [7, 11) is -0.888. The molecule has 0 saturated heterocycles. The number of hydrogen-bond acceptors (Lipinski definition) is 2. The fourth-order valence-corrected chi connectivity index (χ4v) is 4.90. The Morgan fingerprint density at radius 3 is 2.27 bits per heavy atom. The lowest BCUT2D eigenvalue weighted by molar-refractivity contribution is 0.557. The highest BCUT2D eigenvalue weighted by molar-refractivity contribution is 7.99. The van der Waals surface area contributed by atoms with Crippen molar-refractivity contribution in [1.29, 1.82) is 0 Å². The monoisotopic (exact) mass is 332 g/mol. The van der Waals surface area contributed by atoms with Gasteiger partial charge in [0.15, 0.2) is 0 Å². The third kappa shape index (κ3) is 5.98. The van der Waals surface area contributed by atoms with Crippen LogP contribution in [0.1, 0.15) is 26.2 Å². The molecule has 2 unspecified atom stereocenters. The second kappa shape index (κ2) is 9.86. The van der Waals surface area contributed by atoms with Gasteiger partial charge in [-0.05, 0) is 36.6 Å². The van der Waals surface area contributed by atoms with Crippen LogP contribution in [-0.4, -0.2) is 15.7 Å². The largest absolute Gasteiger partial charge is 0.254 e. The molecule has 3 heteroatoms. The Bertz CT molecular complexity index is 554. The maximum absolute atomic E-state index is 12.5. The van der Waals surface area contributed by atoms with Crippen LogP contribution >= 0.6 is 11.8 Å². The van der Waals surface area contributed by atoms with E-state index in [0.717, 1.165) is 22.8 Å². The van der Waals surface area contributed by atoms with Gasteiger partial charge in [-0.2, -0.15) is 0 Å². The van der Waals surface area contributed by atoms with E-state index in [4.69, 9.17) is 0 Å². The molecule has 0 aliphatic carbocycles. The van der Waals surface area contributed by atoms with Crippen LogP contribution in [0.3, 0.4) is 0 Å². The van der Waals surface area contributed by atoms with Crippen LogP contribution in [0.25, 0.3) is 0 Å². The van der Waals surface area contributed by atoms with Crippen molar-refractivity contribution < 1.29 is 4.21 Å². The topological polar surface area (TPSA) is 17.1 Å². The van der Waals surface area contributed by atoms with Crippen LogP contribution in [0.2, 0.25) is 0 Å². The van der Waals surface area contributed by atoms with Crippen molar-refractivity contribution in [3.63, 3.8) is 0 Å². The van der Waals surface area contributed by atoms with Crippen LogP contribution in [0.15, 0.2) is 70.5 Å². The Morgan fingerprint density at radius 1 is 1.00 bits per heavy atom. The average Bonchev–Trinajstić information content (AvgIpc) is 2.59. The number of rotatable bonds is 9. The van der Waals surface area contributed by atoms with Gasteiger partial charge < -0.3 is 0 Å².